The van der Waals surface area contributed by atoms with Gasteiger partial charge in [-0.25, -0.2) is 0 Å². The third-order valence-electron chi connectivity index (χ3n) is 3.11. The van der Waals surface area contributed by atoms with Gasteiger partial charge in [0.15, 0.2) is 0 Å². The van der Waals surface area contributed by atoms with Crippen LogP contribution < -0.4 is 10.6 Å². The number of hydrogen-bond donors (Lipinski definition) is 3. The van der Waals surface area contributed by atoms with E-state index < -0.39 is 0 Å². The first-order valence-corrected chi connectivity index (χ1v) is 5.67. The molecular formula is C11H18N4O. The lowest BCUT2D eigenvalue weighted by Gasteiger charge is -2.25. The maximum atomic E-state index is 11.5. The Labute approximate surface area is 95.0 Å². The predicted octanol–water partition coefficient (Wildman–Crippen LogP) is -0.0954. The average molecular weight is 222 g/mol. The molecule has 0 atom stereocenters. The fraction of sp³-hybridized carbons (Fsp3) is 0.636. The molecule has 0 bridgehead atoms. The molecular weight excluding hydrogens is 204 g/mol. The minimum Gasteiger partial charge on any atom is -0.355 e. The summed E-state index contributed by atoms with van der Waals surface area (Å²) < 4.78 is 0. The van der Waals surface area contributed by atoms with Crippen molar-refractivity contribution in [3.8, 4) is 0 Å². The molecule has 2 rings (SSSR count). The van der Waals surface area contributed by atoms with Crippen LogP contribution >= 0.6 is 0 Å². The first-order chi connectivity index (χ1) is 7.68. The highest BCUT2D eigenvalue weighted by atomic mass is 16.2. The second-order valence-corrected chi connectivity index (χ2v) is 4.31. The van der Waals surface area contributed by atoms with E-state index in [2.05, 4.69) is 20.8 Å². The molecule has 1 aliphatic heterocycles. The van der Waals surface area contributed by atoms with Crippen LogP contribution in [0.15, 0.2) is 0 Å². The van der Waals surface area contributed by atoms with Crippen LogP contribution in [-0.4, -0.2) is 35.7 Å². The number of amides is 1. The van der Waals surface area contributed by atoms with Crippen molar-refractivity contribution in [1.29, 1.82) is 0 Å². The quantitative estimate of drug-likeness (QED) is 0.666. The Morgan fingerprint density at radius 3 is 2.75 bits per heavy atom. The van der Waals surface area contributed by atoms with Crippen LogP contribution in [0.5, 0.6) is 0 Å². The van der Waals surface area contributed by atoms with Crippen LogP contribution in [0, 0.1) is 19.8 Å². The second-order valence-electron chi connectivity index (χ2n) is 4.31. The van der Waals surface area contributed by atoms with Gasteiger partial charge in [-0.2, -0.15) is 5.10 Å². The first-order valence-electron chi connectivity index (χ1n) is 5.67. The molecule has 5 nitrogen and oxygen atoms in total. The number of rotatable bonds is 4. The molecule has 0 aliphatic carbocycles. The van der Waals surface area contributed by atoms with Gasteiger partial charge in [0.25, 0.3) is 0 Å². The van der Waals surface area contributed by atoms with Crippen molar-refractivity contribution in [2.45, 2.75) is 20.3 Å². The van der Waals surface area contributed by atoms with Gasteiger partial charge in [0.2, 0.25) is 5.91 Å². The Balaban J connectivity index is 1.77. The number of aromatic amines is 1. The Morgan fingerprint density at radius 1 is 1.50 bits per heavy atom. The molecule has 0 spiro atoms. The van der Waals surface area contributed by atoms with E-state index >= 15 is 0 Å². The summed E-state index contributed by atoms with van der Waals surface area (Å²) in [5, 5.41) is 13.1. The van der Waals surface area contributed by atoms with Crippen LogP contribution in [0.1, 0.15) is 17.0 Å². The summed E-state index contributed by atoms with van der Waals surface area (Å²) >= 11 is 0. The highest BCUT2D eigenvalue weighted by Gasteiger charge is 2.24. The molecule has 88 valence electrons. The minimum absolute atomic E-state index is 0.164. The van der Waals surface area contributed by atoms with E-state index in [0.717, 1.165) is 30.9 Å². The van der Waals surface area contributed by atoms with E-state index in [4.69, 9.17) is 0 Å². The van der Waals surface area contributed by atoms with Gasteiger partial charge >= 0.3 is 0 Å². The van der Waals surface area contributed by atoms with Gasteiger partial charge < -0.3 is 10.6 Å². The normalized spacial score (nSPS) is 15.9. The highest BCUT2D eigenvalue weighted by Crippen LogP contribution is 2.09. The number of H-pyrrole nitrogens is 1. The third kappa shape index (κ3) is 2.24. The zero-order valence-corrected chi connectivity index (χ0v) is 9.76. The summed E-state index contributed by atoms with van der Waals surface area (Å²) in [7, 11) is 0. The van der Waals surface area contributed by atoms with Gasteiger partial charge in [-0.05, 0) is 25.8 Å². The van der Waals surface area contributed by atoms with Crippen molar-refractivity contribution >= 4 is 5.91 Å². The monoisotopic (exact) mass is 222 g/mol. The number of hydrogen-bond acceptors (Lipinski definition) is 3. The van der Waals surface area contributed by atoms with Crippen LogP contribution in [0.2, 0.25) is 0 Å². The topological polar surface area (TPSA) is 69.8 Å². The lowest BCUT2D eigenvalue weighted by atomic mass is 10.0. The molecule has 1 aromatic heterocycles. The van der Waals surface area contributed by atoms with Crippen molar-refractivity contribution in [3.63, 3.8) is 0 Å². The molecule has 1 fully saturated rings. The summed E-state index contributed by atoms with van der Waals surface area (Å²) in [6.45, 7) is 6.31. The average Bonchev–Trinajstić information content (AvgIpc) is 2.46. The van der Waals surface area contributed by atoms with E-state index in [0.29, 0.717) is 6.54 Å². The van der Waals surface area contributed by atoms with Crippen molar-refractivity contribution in [2.75, 3.05) is 19.6 Å². The Morgan fingerprint density at radius 2 is 2.25 bits per heavy atom. The van der Waals surface area contributed by atoms with Gasteiger partial charge in [-0.1, -0.05) is 0 Å². The molecule has 5 heteroatoms. The van der Waals surface area contributed by atoms with Crippen LogP contribution in [0.3, 0.4) is 0 Å². The summed E-state index contributed by atoms with van der Waals surface area (Å²) in [4.78, 5) is 11.5. The first kappa shape index (κ1) is 11.1. The molecule has 0 aromatic carbocycles. The largest absolute Gasteiger partial charge is 0.355 e. The lowest BCUT2D eigenvalue weighted by molar-refractivity contribution is -0.126. The van der Waals surface area contributed by atoms with E-state index in [1.165, 1.54) is 5.56 Å². The van der Waals surface area contributed by atoms with Crippen molar-refractivity contribution < 1.29 is 4.79 Å². The van der Waals surface area contributed by atoms with E-state index in [1.54, 1.807) is 0 Å². The maximum Gasteiger partial charge on any atom is 0.225 e. The number of nitrogens with zero attached hydrogens (tertiary/aromatic N) is 1. The van der Waals surface area contributed by atoms with Crippen LogP contribution in [0.25, 0.3) is 0 Å². The zero-order chi connectivity index (χ0) is 11.5. The summed E-state index contributed by atoms with van der Waals surface area (Å²) in [6.07, 6.45) is 0.847. The third-order valence-corrected chi connectivity index (χ3v) is 3.11. The number of carbonyl (C=O) groups excluding carboxylic acids is 1. The standard InChI is InChI=1S/C11H18N4O/c1-7-10(8(2)15-14-7)3-4-13-11(16)9-5-12-6-9/h9,12H,3-6H2,1-2H3,(H,13,16)(H,14,15). The number of aromatic nitrogens is 2. The van der Waals surface area contributed by atoms with E-state index in [1.807, 2.05) is 13.8 Å². The molecule has 1 aromatic rings. The van der Waals surface area contributed by atoms with Gasteiger partial charge in [-0.3, -0.25) is 9.89 Å². The Kier molecular flexibility index (Phi) is 3.24. The SMILES string of the molecule is Cc1n[nH]c(C)c1CCNC(=O)C1CNC1. The van der Waals surface area contributed by atoms with E-state index in [9.17, 15) is 4.79 Å². The fourth-order valence-electron chi connectivity index (χ4n) is 1.87. The summed E-state index contributed by atoms with van der Waals surface area (Å²) in [5.74, 6) is 0.337. The van der Waals surface area contributed by atoms with Crippen LogP contribution in [-0.2, 0) is 11.2 Å². The van der Waals surface area contributed by atoms with Crippen molar-refractivity contribution in [1.82, 2.24) is 20.8 Å². The molecule has 1 amide bonds. The summed E-state index contributed by atoms with van der Waals surface area (Å²) in [6, 6.07) is 0. The highest BCUT2D eigenvalue weighted by molar-refractivity contribution is 5.79. The van der Waals surface area contributed by atoms with Crippen molar-refractivity contribution in [3.05, 3.63) is 17.0 Å². The van der Waals surface area contributed by atoms with Crippen molar-refractivity contribution in [2.24, 2.45) is 5.92 Å². The number of carbonyl (C=O) groups is 1. The number of nitrogens with one attached hydrogen (secondary N) is 3. The van der Waals surface area contributed by atoms with Gasteiger partial charge in [0, 0.05) is 25.3 Å². The minimum atomic E-state index is 0.164. The maximum absolute atomic E-state index is 11.5. The fourth-order valence-corrected chi connectivity index (χ4v) is 1.87. The van der Waals surface area contributed by atoms with Crippen LogP contribution in [0.4, 0.5) is 0 Å². The van der Waals surface area contributed by atoms with Gasteiger partial charge in [0.05, 0.1) is 11.6 Å². The molecule has 0 radical (unpaired) electrons. The molecule has 0 saturated carbocycles. The molecule has 2 heterocycles. The molecule has 1 aliphatic rings. The van der Waals surface area contributed by atoms with Gasteiger partial charge in [0.1, 0.15) is 0 Å². The Bertz CT molecular complexity index is 362. The number of aryl methyl sites for hydroxylation is 2. The predicted molar refractivity (Wildman–Crippen MR) is 61.1 cm³/mol. The smallest absolute Gasteiger partial charge is 0.225 e. The second kappa shape index (κ2) is 4.65. The van der Waals surface area contributed by atoms with E-state index in [-0.39, 0.29) is 11.8 Å². The molecule has 3 N–H and O–H groups in total. The van der Waals surface area contributed by atoms with Gasteiger partial charge in [-0.15, -0.1) is 0 Å². The summed E-state index contributed by atoms with van der Waals surface area (Å²) in [5.41, 5.74) is 3.33. The Hall–Kier alpha value is -1.36. The molecule has 16 heavy (non-hydrogen) atoms. The lowest BCUT2D eigenvalue weighted by Crippen LogP contribution is -2.51. The molecule has 0 unspecified atom stereocenters. The molecule has 1 saturated heterocycles. The zero-order valence-electron chi connectivity index (χ0n) is 9.76.